The normalized spacial score (nSPS) is 25.2. The summed E-state index contributed by atoms with van der Waals surface area (Å²) in [6.45, 7) is 7.58. The van der Waals surface area contributed by atoms with E-state index in [1.807, 2.05) is 4.90 Å². The van der Waals surface area contributed by atoms with Gasteiger partial charge in [0.2, 0.25) is 12.3 Å². The van der Waals surface area contributed by atoms with Gasteiger partial charge in [0.15, 0.2) is 0 Å². The van der Waals surface area contributed by atoms with Gasteiger partial charge in [-0.1, -0.05) is 30.3 Å². The van der Waals surface area contributed by atoms with E-state index in [2.05, 4.69) is 40.1 Å². The van der Waals surface area contributed by atoms with E-state index in [0.29, 0.717) is 6.04 Å². The van der Waals surface area contributed by atoms with Crippen molar-refractivity contribution in [3.63, 3.8) is 0 Å². The largest absolute Gasteiger partial charge is 0.338 e. The molecule has 3 saturated heterocycles. The Kier molecular flexibility index (Phi) is 6.82. The van der Waals surface area contributed by atoms with E-state index < -0.39 is 0 Å². The van der Waals surface area contributed by atoms with Gasteiger partial charge in [0.25, 0.3) is 0 Å². The molecule has 3 aliphatic rings. The highest BCUT2D eigenvalue weighted by Gasteiger charge is 2.34. The summed E-state index contributed by atoms with van der Waals surface area (Å²) < 4.78 is 0. The van der Waals surface area contributed by atoms with Gasteiger partial charge in [0.1, 0.15) is 6.04 Å². The first-order valence-corrected chi connectivity index (χ1v) is 11.2. The number of piperidine rings is 2. The van der Waals surface area contributed by atoms with Crippen LogP contribution in [0.3, 0.4) is 0 Å². The lowest BCUT2D eigenvalue weighted by Crippen LogP contribution is -2.58. The average molecular weight is 399 g/mol. The van der Waals surface area contributed by atoms with Crippen molar-refractivity contribution in [2.24, 2.45) is 0 Å². The van der Waals surface area contributed by atoms with Crippen molar-refractivity contribution < 1.29 is 9.59 Å². The van der Waals surface area contributed by atoms with Crippen LogP contribution in [-0.2, 0) is 16.1 Å². The van der Waals surface area contributed by atoms with Crippen molar-refractivity contribution in [1.82, 2.24) is 19.6 Å². The van der Waals surface area contributed by atoms with Gasteiger partial charge in [-0.2, -0.15) is 0 Å². The Bertz CT molecular complexity index is 667. The van der Waals surface area contributed by atoms with Gasteiger partial charge < -0.3 is 9.80 Å². The van der Waals surface area contributed by atoms with Crippen molar-refractivity contribution in [2.75, 3.05) is 45.8 Å². The molecule has 4 rings (SSSR count). The molecule has 2 amide bonds. The Labute approximate surface area is 174 Å². The minimum absolute atomic E-state index is 0.161. The molecule has 0 saturated carbocycles. The molecule has 1 atom stereocenters. The van der Waals surface area contributed by atoms with Crippen LogP contribution < -0.4 is 0 Å². The van der Waals surface area contributed by atoms with E-state index >= 15 is 0 Å². The number of piperazine rings is 1. The Hall–Kier alpha value is -1.92. The molecule has 0 spiro atoms. The molecule has 29 heavy (non-hydrogen) atoms. The molecule has 3 fully saturated rings. The molecule has 1 aromatic carbocycles. The first-order chi connectivity index (χ1) is 14.2. The summed E-state index contributed by atoms with van der Waals surface area (Å²) in [5.41, 5.74) is 1.39. The van der Waals surface area contributed by atoms with E-state index in [-0.39, 0.29) is 11.9 Å². The van der Waals surface area contributed by atoms with Crippen LogP contribution in [0, 0.1) is 0 Å². The van der Waals surface area contributed by atoms with Crippen LogP contribution in [-0.4, -0.2) is 89.8 Å². The highest BCUT2D eigenvalue weighted by atomic mass is 16.2. The zero-order valence-electron chi connectivity index (χ0n) is 17.4. The second-order valence-corrected chi connectivity index (χ2v) is 8.71. The summed E-state index contributed by atoms with van der Waals surface area (Å²) in [6.07, 6.45) is 6.16. The topological polar surface area (TPSA) is 47.1 Å². The molecule has 1 unspecified atom stereocenters. The van der Waals surface area contributed by atoms with Crippen molar-refractivity contribution >= 4 is 12.3 Å². The SMILES string of the molecule is O=CN1CCCCC1C(=O)N1CCN(C2CCN(Cc3ccccc3)CC2)CC1. The summed E-state index contributed by atoms with van der Waals surface area (Å²) >= 11 is 0. The molecule has 0 aromatic heterocycles. The molecule has 0 aliphatic carbocycles. The Morgan fingerprint density at radius 2 is 1.62 bits per heavy atom. The van der Waals surface area contributed by atoms with Crippen LogP contribution in [0.25, 0.3) is 0 Å². The summed E-state index contributed by atoms with van der Waals surface area (Å²) in [5.74, 6) is 0.161. The Morgan fingerprint density at radius 1 is 0.897 bits per heavy atom. The smallest absolute Gasteiger partial charge is 0.245 e. The first kappa shape index (κ1) is 20.4. The van der Waals surface area contributed by atoms with Crippen LogP contribution in [0.4, 0.5) is 0 Å². The minimum atomic E-state index is -0.228. The molecule has 158 valence electrons. The monoisotopic (exact) mass is 398 g/mol. The number of hydrogen-bond acceptors (Lipinski definition) is 4. The van der Waals surface area contributed by atoms with Crippen molar-refractivity contribution in [1.29, 1.82) is 0 Å². The Morgan fingerprint density at radius 3 is 2.31 bits per heavy atom. The van der Waals surface area contributed by atoms with Gasteiger partial charge in [0, 0.05) is 45.3 Å². The van der Waals surface area contributed by atoms with E-state index in [1.54, 1.807) is 4.90 Å². The highest BCUT2D eigenvalue weighted by Crippen LogP contribution is 2.22. The van der Waals surface area contributed by atoms with Crippen LogP contribution in [0.2, 0.25) is 0 Å². The molecule has 1 aromatic rings. The van der Waals surface area contributed by atoms with E-state index in [9.17, 15) is 9.59 Å². The van der Waals surface area contributed by atoms with Crippen molar-refractivity contribution in [3.05, 3.63) is 35.9 Å². The van der Waals surface area contributed by atoms with E-state index in [1.165, 1.54) is 18.4 Å². The minimum Gasteiger partial charge on any atom is -0.338 e. The van der Waals surface area contributed by atoms with Gasteiger partial charge in [-0.25, -0.2) is 0 Å². The summed E-state index contributed by atoms with van der Waals surface area (Å²) in [4.78, 5) is 33.1. The zero-order valence-corrected chi connectivity index (χ0v) is 17.4. The van der Waals surface area contributed by atoms with Gasteiger partial charge in [-0.05, 0) is 50.8 Å². The fraction of sp³-hybridized carbons (Fsp3) is 0.652. The highest BCUT2D eigenvalue weighted by molar-refractivity contribution is 5.84. The number of carbonyl (C=O) groups is 2. The maximum atomic E-state index is 12.9. The van der Waals surface area contributed by atoms with Crippen LogP contribution in [0.1, 0.15) is 37.7 Å². The van der Waals surface area contributed by atoms with Crippen LogP contribution in [0.5, 0.6) is 0 Å². The molecule has 3 aliphatic heterocycles. The maximum Gasteiger partial charge on any atom is 0.245 e. The summed E-state index contributed by atoms with van der Waals surface area (Å²) in [5, 5.41) is 0. The van der Waals surface area contributed by atoms with E-state index in [4.69, 9.17) is 0 Å². The van der Waals surface area contributed by atoms with Crippen LogP contribution in [0.15, 0.2) is 30.3 Å². The van der Waals surface area contributed by atoms with E-state index in [0.717, 1.165) is 78.0 Å². The lowest BCUT2D eigenvalue weighted by atomic mass is 10.00. The molecule has 0 bridgehead atoms. The predicted molar refractivity (Wildman–Crippen MR) is 113 cm³/mol. The number of carbonyl (C=O) groups excluding carboxylic acids is 2. The molecule has 6 heteroatoms. The second kappa shape index (κ2) is 9.72. The number of amides is 2. The third kappa shape index (κ3) is 4.98. The third-order valence-corrected chi connectivity index (χ3v) is 6.91. The fourth-order valence-corrected chi connectivity index (χ4v) is 5.15. The number of benzene rings is 1. The molecule has 0 radical (unpaired) electrons. The van der Waals surface area contributed by atoms with Gasteiger partial charge >= 0.3 is 0 Å². The lowest BCUT2D eigenvalue weighted by molar-refractivity contribution is -0.144. The quantitative estimate of drug-likeness (QED) is 0.710. The summed E-state index contributed by atoms with van der Waals surface area (Å²) in [6, 6.07) is 11.1. The van der Waals surface area contributed by atoms with Gasteiger partial charge in [-0.15, -0.1) is 0 Å². The maximum absolute atomic E-state index is 12.9. The molecular weight excluding hydrogens is 364 g/mol. The molecule has 3 heterocycles. The summed E-state index contributed by atoms with van der Waals surface area (Å²) in [7, 11) is 0. The fourth-order valence-electron chi connectivity index (χ4n) is 5.15. The van der Waals surface area contributed by atoms with Gasteiger partial charge in [-0.3, -0.25) is 19.4 Å². The molecule has 0 N–H and O–H groups in total. The third-order valence-electron chi connectivity index (χ3n) is 6.91. The number of hydrogen-bond donors (Lipinski definition) is 0. The van der Waals surface area contributed by atoms with Crippen molar-refractivity contribution in [3.8, 4) is 0 Å². The number of nitrogens with zero attached hydrogens (tertiary/aromatic N) is 4. The number of rotatable bonds is 5. The lowest BCUT2D eigenvalue weighted by Gasteiger charge is -2.44. The number of likely N-dealkylation sites (tertiary alicyclic amines) is 2. The Balaban J connectivity index is 1.22. The molecular formula is C23H34N4O2. The molecule has 6 nitrogen and oxygen atoms in total. The van der Waals surface area contributed by atoms with Crippen LogP contribution >= 0.6 is 0 Å². The standard InChI is InChI=1S/C23H34N4O2/c28-19-27-11-5-4-8-22(27)23(29)26-16-14-25(15-17-26)21-9-12-24(13-10-21)18-20-6-2-1-3-7-20/h1-3,6-7,19,21-22H,4-5,8-18H2. The predicted octanol–water partition coefficient (Wildman–Crippen LogP) is 1.81. The first-order valence-electron chi connectivity index (χ1n) is 11.2. The van der Waals surface area contributed by atoms with Gasteiger partial charge in [0.05, 0.1) is 0 Å². The second-order valence-electron chi connectivity index (χ2n) is 8.71. The average Bonchev–Trinajstić information content (AvgIpc) is 2.80. The zero-order chi connectivity index (χ0) is 20.1. The van der Waals surface area contributed by atoms with Crippen molar-refractivity contribution in [2.45, 2.75) is 50.7 Å².